The van der Waals surface area contributed by atoms with Crippen molar-refractivity contribution >= 4 is 22.9 Å². The second-order valence-electron chi connectivity index (χ2n) is 9.02. The van der Waals surface area contributed by atoms with E-state index in [-0.39, 0.29) is 5.82 Å². The molecule has 0 bridgehead atoms. The van der Waals surface area contributed by atoms with E-state index in [4.69, 9.17) is 4.74 Å². The van der Waals surface area contributed by atoms with Gasteiger partial charge in [0.25, 0.3) is 0 Å². The van der Waals surface area contributed by atoms with Gasteiger partial charge in [-0.25, -0.2) is 4.39 Å². The van der Waals surface area contributed by atoms with E-state index in [1.807, 2.05) is 24.3 Å². The van der Waals surface area contributed by atoms with Crippen LogP contribution in [0.2, 0.25) is 0 Å². The van der Waals surface area contributed by atoms with Crippen molar-refractivity contribution in [3.8, 4) is 5.75 Å². The van der Waals surface area contributed by atoms with Crippen molar-refractivity contribution in [2.45, 2.75) is 32.1 Å². The Labute approximate surface area is 199 Å². The summed E-state index contributed by atoms with van der Waals surface area (Å²) in [6, 6.07) is 15.6. The van der Waals surface area contributed by atoms with Crippen LogP contribution in [0.4, 0.5) is 4.39 Å². The van der Waals surface area contributed by atoms with Gasteiger partial charge in [-0.2, -0.15) is 0 Å². The quantitative estimate of drug-likeness (QED) is 0.449. The molecule has 1 aliphatic rings. The molecule has 0 aliphatic carbocycles. The summed E-state index contributed by atoms with van der Waals surface area (Å²) in [5.74, 6) is -0.448. The Morgan fingerprint density at radius 1 is 1.21 bits per heavy atom. The number of rotatable bonds is 9. The molecule has 34 heavy (non-hydrogen) atoms. The average Bonchev–Trinajstić information content (AvgIpc) is 2.86. The van der Waals surface area contributed by atoms with Crippen LogP contribution in [0.3, 0.4) is 0 Å². The lowest BCUT2D eigenvalue weighted by molar-refractivity contribution is -0.152. The summed E-state index contributed by atoms with van der Waals surface area (Å²) in [5.41, 5.74) is 1.69. The fourth-order valence-corrected chi connectivity index (χ4v) is 4.82. The van der Waals surface area contributed by atoms with Crippen LogP contribution in [-0.4, -0.2) is 47.7 Å². The fraction of sp³-hybridized carbons (Fsp3) is 0.357. The SMILES string of the molecule is COc1ccc2ncc(F)c(CCCC3(C(=O)O)CCN(C/C=C/c4ccccc4)CC3)c2c1. The zero-order valence-corrected chi connectivity index (χ0v) is 19.5. The number of aliphatic carboxylic acids is 1. The first-order valence-corrected chi connectivity index (χ1v) is 11.8. The summed E-state index contributed by atoms with van der Waals surface area (Å²) in [4.78, 5) is 18.7. The van der Waals surface area contributed by atoms with Crippen molar-refractivity contribution in [3.63, 3.8) is 0 Å². The maximum atomic E-state index is 14.6. The molecule has 1 aromatic heterocycles. The molecule has 0 saturated carbocycles. The molecule has 1 saturated heterocycles. The van der Waals surface area contributed by atoms with Crippen LogP contribution in [-0.2, 0) is 11.2 Å². The lowest BCUT2D eigenvalue weighted by atomic mass is 9.74. The zero-order valence-electron chi connectivity index (χ0n) is 19.5. The number of methoxy groups -OCH3 is 1. The van der Waals surface area contributed by atoms with E-state index in [1.165, 1.54) is 6.20 Å². The minimum Gasteiger partial charge on any atom is -0.497 e. The highest BCUT2D eigenvalue weighted by molar-refractivity contribution is 5.83. The monoisotopic (exact) mass is 462 g/mol. The molecule has 0 spiro atoms. The first-order chi connectivity index (χ1) is 16.5. The lowest BCUT2D eigenvalue weighted by Gasteiger charge is -2.38. The first kappa shape index (κ1) is 23.9. The summed E-state index contributed by atoms with van der Waals surface area (Å²) in [6.45, 7) is 2.30. The number of piperidine rings is 1. The minimum absolute atomic E-state index is 0.356. The molecule has 5 nitrogen and oxygen atoms in total. The Hall–Kier alpha value is -3.25. The molecule has 0 atom stereocenters. The van der Waals surface area contributed by atoms with Crippen molar-refractivity contribution in [2.75, 3.05) is 26.7 Å². The predicted octanol–water partition coefficient (Wildman–Crippen LogP) is 5.59. The normalized spacial score (nSPS) is 16.2. The van der Waals surface area contributed by atoms with Gasteiger partial charge < -0.3 is 9.84 Å². The highest BCUT2D eigenvalue weighted by atomic mass is 19.1. The molecule has 1 N–H and O–H groups in total. The van der Waals surface area contributed by atoms with Gasteiger partial charge in [-0.15, -0.1) is 0 Å². The number of fused-ring (bicyclic) bond motifs is 1. The number of hydrogen-bond acceptors (Lipinski definition) is 4. The van der Waals surface area contributed by atoms with Crippen LogP contribution in [0.5, 0.6) is 5.75 Å². The van der Waals surface area contributed by atoms with Gasteiger partial charge in [0.2, 0.25) is 0 Å². The number of carbonyl (C=O) groups is 1. The molecule has 3 aromatic rings. The molecular weight excluding hydrogens is 431 g/mol. The first-order valence-electron chi connectivity index (χ1n) is 11.8. The molecule has 2 heterocycles. The number of pyridine rings is 1. The van der Waals surface area contributed by atoms with Crippen LogP contribution >= 0.6 is 0 Å². The Morgan fingerprint density at radius 2 is 1.97 bits per heavy atom. The number of carboxylic acid groups (broad SMARTS) is 1. The zero-order chi connectivity index (χ0) is 24.0. The minimum atomic E-state index is -0.753. The van der Waals surface area contributed by atoms with Gasteiger partial charge in [0.1, 0.15) is 11.6 Å². The number of aromatic nitrogens is 1. The standard InChI is InChI=1S/C28H31FN2O3/c1-34-22-11-12-26-24(19-22)23(25(29)20-30-26)10-5-13-28(27(32)33)14-17-31(18-15-28)16-6-9-21-7-3-2-4-8-21/h2-4,6-9,11-12,19-20H,5,10,13-18H2,1H3,(H,32,33)/b9-6+. The number of hydrogen-bond donors (Lipinski definition) is 1. The van der Waals surface area contributed by atoms with E-state index in [1.54, 1.807) is 19.2 Å². The lowest BCUT2D eigenvalue weighted by Crippen LogP contribution is -2.44. The predicted molar refractivity (Wildman–Crippen MR) is 132 cm³/mol. The van der Waals surface area contributed by atoms with Gasteiger partial charge in [-0.05, 0) is 74.5 Å². The molecular formula is C28H31FN2O3. The molecule has 1 fully saturated rings. The third-order valence-corrected chi connectivity index (χ3v) is 6.96. The molecule has 0 amide bonds. The third kappa shape index (κ3) is 5.45. The van der Waals surface area contributed by atoms with Crippen LogP contribution in [0, 0.1) is 11.2 Å². The van der Waals surface area contributed by atoms with Crippen LogP contribution in [0.1, 0.15) is 36.8 Å². The molecule has 2 aromatic carbocycles. The molecule has 1 aliphatic heterocycles. The van der Waals surface area contributed by atoms with E-state index < -0.39 is 11.4 Å². The van der Waals surface area contributed by atoms with Gasteiger partial charge in [0.05, 0.1) is 24.2 Å². The van der Waals surface area contributed by atoms with E-state index >= 15 is 0 Å². The number of likely N-dealkylation sites (tertiary alicyclic amines) is 1. The summed E-state index contributed by atoms with van der Waals surface area (Å²) >= 11 is 0. The highest BCUT2D eigenvalue weighted by Crippen LogP contribution is 2.37. The number of halogens is 1. The van der Waals surface area contributed by atoms with Crippen molar-refractivity contribution in [1.82, 2.24) is 9.88 Å². The second kappa shape index (κ2) is 10.8. The van der Waals surface area contributed by atoms with Crippen molar-refractivity contribution in [3.05, 3.63) is 77.7 Å². The highest BCUT2D eigenvalue weighted by Gasteiger charge is 2.40. The molecule has 6 heteroatoms. The van der Waals surface area contributed by atoms with Gasteiger partial charge in [0.15, 0.2) is 0 Å². The van der Waals surface area contributed by atoms with Crippen molar-refractivity contribution < 1.29 is 19.0 Å². The average molecular weight is 463 g/mol. The maximum Gasteiger partial charge on any atom is 0.309 e. The van der Waals surface area contributed by atoms with Crippen LogP contribution in [0.25, 0.3) is 17.0 Å². The molecule has 0 radical (unpaired) electrons. The second-order valence-corrected chi connectivity index (χ2v) is 9.02. The Morgan fingerprint density at radius 3 is 2.68 bits per heavy atom. The largest absolute Gasteiger partial charge is 0.497 e. The number of carboxylic acids is 1. The number of benzene rings is 2. The van der Waals surface area contributed by atoms with Crippen LogP contribution in [0.15, 0.2) is 60.8 Å². The Balaban J connectivity index is 1.37. The van der Waals surface area contributed by atoms with Crippen LogP contribution < -0.4 is 4.74 Å². The van der Waals surface area contributed by atoms with Crippen molar-refractivity contribution in [2.24, 2.45) is 5.41 Å². The van der Waals surface area contributed by atoms with E-state index in [9.17, 15) is 14.3 Å². The number of nitrogens with zero attached hydrogens (tertiary/aromatic N) is 2. The summed E-state index contributed by atoms with van der Waals surface area (Å²) < 4.78 is 19.9. The Kier molecular flexibility index (Phi) is 7.58. The molecule has 4 rings (SSSR count). The van der Waals surface area contributed by atoms with Gasteiger partial charge >= 0.3 is 5.97 Å². The smallest absolute Gasteiger partial charge is 0.309 e. The summed E-state index contributed by atoms with van der Waals surface area (Å²) in [6.07, 6.45) is 8.30. The van der Waals surface area contributed by atoms with Gasteiger partial charge in [0, 0.05) is 11.9 Å². The molecule has 178 valence electrons. The Bertz CT molecular complexity index is 1160. The van der Waals surface area contributed by atoms with E-state index in [0.717, 1.165) is 30.6 Å². The van der Waals surface area contributed by atoms with Gasteiger partial charge in [-0.3, -0.25) is 14.7 Å². The number of ether oxygens (including phenoxy) is 1. The number of aryl methyl sites for hydroxylation is 1. The third-order valence-electron chi connectivity index (χ3n) is 6.96. The maximum absolute atomic E-state index is 14.6. The summed E-state index contributed by atoms with van der Waals surface area (Å²) in [7, 11) is 1.58. The molecule has 0 unspecified atom stereocenters. The summed E-state index contributed by atoms with van der Waals surface area (Å²) in [5, 5.41) is 10.8. The van der Waals surface area contributed by atoms with E-state index in [2.05, 4.69) is 34.2 Å². The van der Waals surface area contributed by atoms with E-state index in [0.29, 0.717) is 48.9 Å². The fourth-order valence-electron chi connectivity index (χ4n) is 4.82. The topological polar surface area (TPSA) is 62.7 Å². The van der Waals surface area contributed by atoms with Crippen molar-refractivity contribution in [1.29, 1.82) is 0 Å². The van der Waals surface area contributed by atoms with Gasteiger partial charge in [-0.1, -0.05) is 42.5 Å².